The fourth-order valence-electron chi connectivity index (χ4n) is 4.86. The van der Waals surface area contributed by atoms with E-state index in [-0.39, 0.29) is 17.7 Å². The van der Waals surface area contributed by atoms with E-state index in [0.717, 1.165) is 22.5 Å². The summed E-state index contributed by atoms with van der Waals surface area (Å²) in [5, 5.41) is 0.661. The van der Waals surface area contributed by atoms with Gasteiger partial charge in [0, 0.05) is 54.1 Å². The number of benzene rings is 2. The van der Waals surface area contributed by atoms with Crippen molar-refractivity contribution in [2.75, 3.05) is 26.1 Å². The van der Waals surface area contributed by atoms with E-state index in [1.54, 1.807) is 0 Å². The summed E-state index contributed by atoms with van der Waals surface area (Å²) in [7, 11) is 5.33. The van der Waals surface area contributed by atoms with Crippen LogP contribution in [0.4, 0.5) is 5.69 Å². The van der Waals surface area contributed by atoms with Gasteiger partial charge < -0.3 is 9.64 Å². The van der Waals surface area contributed by atoms with Crippen LogP contribution in [0.1, 0.15) is 42.7 Å². The van der Waals surface area contributed by atoms with Crippen molar-refractivity contribution in [3.63, 3.8) is 0 Å². The van der Waals surface area contributed by atoms with Gasteiger partial charge in [-0.05, 0) is 48.6 Å². The Labute approximate surface area is 193 Å². The summed E-state index contributed by atoms with van der Waals surface area (Å²) in [6.07, 6.45) is 0.958. The molecule has 166 valence electrons. The number of ether oxygens (including phenoxy) is 1. The number of ketones is 1. The van der Waals surface area contributed by atoms with Crippen LogP contribution < -0.4 is 4.90 Å². The quantitative estimate of drug-likeness (QED) is 0.604. The Morgan fingerprint density at radius 1 is 1.09 bits per heavy atom. The highest BCUT2D eigenvalue weighted by Gasteiger charge is 2.44. The summed E-state index contributed by atoms with van der Waals surface area (Å²) in [5.74, 6) is -1.42. The van der Waals surface area contributed by atoms with Crippen molar-refractivity contribution in [2.45, 2.75) is 31.6 Å². The van der Waals surface area contributed by atoms with Crippen LogP contribution in [-0.2, 0) is 14.3 Å². The Morgan fingerprint density at radius 2 is 1.78 bits per heavy atom. The Morgan fingerprint density at radius 3 is 2.41 bits per heavy atom. The fourth-order valence-corrected chi connectivity index (χ4v) is 5.15. The van der Waals surface area contributed by atoms with E-state index in [1.165, 1.54) is 7.11 Å². The van der Waals surface area contributed by atoms with E-state index < -0.39 is 11.8 Å². The molecule has 0 spiro atoms. The van der Waals surface area contributed by atoms with Gasteiger partial charge in [-0.15, -0.1) is 0 Å². The van der Waals surface area contributed by atoms with E-state index in [2.05, 4.69) is 0 Å². The van der Waals surface area contributed by atoms with Crippen LogP contribution in [0.25, 0.3) is 0 Å². The number of aliphatic imine (C=N–C) groups is 1. The Balaban J connectivity index is 1.80. The molecule has 2 aliphatic rings. The summed E-state index contributed by atoms with van der Waals surface area (Å²) in [6.45, 7) is 1.84. The van der Waals surface area contributed by atoms with Gasteiger partial charge in [-0.3, -0.25) is 14.6 Å². The summed E-state index contributed by atoms with van der Waals surface area (Å²) in [5.41, 5.74) is 4.98. The number of rotatable bonds is 4. The van der Waals surface area contributed by atoms with Crippen molar-refractivity contribution in [1.29, 1.82) is 0 Å². The minimum absolute atomic E-state index is 0.0167. The molecule has 0 amide bonds. The number of Topliss-reactive ketones (excluding diaryl/α,β-unsaturated/α-hetero) is 1. The van der Waals surface area contributed by atoms with Crippen molar-refractivity contribution < 1.29 is 14.3 Å². The molecule has 4 rings (SSSR count). The van der Waals surface area contributed by atoms with Crippen LogP contribution >= 0.6 is 11.6 Å². The second kappa shape index (κ2) is 8.91. The lowest BCUT2D eigenvalue weighted by atomic mass is 9.69. The molecule has 1 aliphatic carbocycles. The molecule has 0 radical (unpaired) electrons. The standard InChI is InChI=1S/C26H27ClN2O3/c1-15-23(26(31)32-4)24(16-9-11-18(12-10-16)29(2)3)25-21(28-15)13-17(14-22(25)30)19-7-5-6-8-20(19)27/h5-12,17,23-24H,13-14H2,1-4H3. The first-order valence-corrected chi connectivity index (χ1v) is 11.1. The van der Waals surface area contributed by atoms with Gasteiger partial charge in [-0.1, -0.05) is 41.9 Å². The SMILES string of the molecule is COC(=O)C1C(C)=NC2=C(C(=O)CC(c3ccccc3Cl)C2)C1c1ccc(N(C)C)cc1. The minimum atomic E-state index is -0.621. The van der Waals surface area contributed by atoms with Gasteiger partial charge in [-0.2, -0.15) is 0 Å². The molecule has 0 saturated heterocycles. The predicted molar refractivity (Wildman–Crippen MR) is 128 cm³/mol. The highest BCUT2D eigenvalue weighted by Crippen LogP contribution is 2.47. The van der Waals surface area contributed by atoms with Crippen molar-refractivity contribution in [1.82, 2.24) is 0 Å². The predicted octanol–water partition coefficient (Wildman–Crippen LogP) is 5.15. The van der Waals surface area contributed by atoms with Crippen molar-refractivity contribution in [3.8, 4) is 0 Å². The Hall–Kier alpha value is -2.92. The van der Waals surface area contributed by atoms with Gasteiger partial charge in [0.05, 0.1) is 7.11 Å². The van der Waals surface area contributed by atoms with Crippen LogP contribution in [0.3, 0.4) is 0 Å². The number of methoxy groups -OCH3 is 1. The zero-order valence-electron chi connectivity index (χ0n) is 18.8. The number of halogens is 1. The molecule has 0 bridgehead atoms. The Bertz CT molecular complexity index is 1120. The topological polar surface area (TPSA) is 59.0 Å². The van der Waals surface area contributed by atoms with Crippen molar-refractivity contribution >= 4 is 34.8 Å². The van der Waals surface area contributed by atoms with Crippen LogP contribution in [-0.4, -0.2) is 38.7 Å². The number of nitrogens with zero attached hydrogens (tertiary/aromatic N) is 2. The smallest absolute Gasteiger partial charge is 0.315 e. The number of anilines is 1. The molecule has 0 fully saturated rings. The number of carbonyl (C=O) groups excluding carboxylic acids is 2. The molecule has 32 heavy (non-hydrogen) atoms. The molecule has 0 saturated carbocycles. The number of hydrogen-bond donors (Lipinski definition) is 0. The monoisotopic (exact) mass is 450 g/mol. The lowest BCUT2D eigenvalue weighted by molar-refractivity contribution is -0.143. The largest absolute Gasteiger partial charge is 0.468 e. The average molecular weight is 451 g/mol. The van der Waals surface area contributed by atoms with Gasteiger partial charge in [0.25, 0.3) is 0 Å². The van der Waals surface area contributed by atoms with Crippen molar-refractivity contribution in [3.05, 3.63) is 76.0 Å². The minimum Gasteiger partial charge on any atom is -0.468 e. The van der Waals surface area contributed by atoms with Crippen LogP contribution in [0.2, 0.25) is 5.02 Å². The summed E-state index contributed by atoms with van der Waals surface area (Å²) < 4.78 is 5.12. The first-order chi connectivity index (χ1) is 15.3. The van der Waals surface area contributed by atoms with Crippen molar-refractivity contribution in [2.24, 2.45) is 10.9 Å². The highest BCUT2D eigenvalue weighted by atomic mass is 35.5. The molecule has 1 aliphatic heterocycles. The van der Waals surface area contributed by atoms with Gasteiger partial charge in [0.2, 0.25) is 0 Å². The van der Waals surface area contributed by atoms with E-state index in [0.29, 0.717) is 29.1 Å². The third-order valence-corrected chi connectivity index (χ3v) is 6.80. The van der Waals surface area contributed by atoms with Gasteiger partial charge in [-0.25, -0.2) is 0 Å². The normalized spacial score (nSPS) is 22.8. The zero-order chi connectivity index (χ0) is 23.0. The molecule has 3 atom stereocenters. The maximum atomic E-state index is 13.5. The lowest BCUT2D eigenvalue weighted by Crippen LogP contribution is -2.37. The number of allylic oxidation sites excluding steroid dienone is 2. The second-order valence-corrected chi connectivity index (χ2v) is 9.04. The molecule has 1 heterocycles. The first-order valence-electron chi connectivity index (χ1n) is 10.7. The first kappa shape index (κ1) is 22.3. The molecule has 3 unspecified atom stereocenters. The van der Waals surface area contributed by atoms with Gasteiger partial charge in [0.1, 0.15) is 5.92 Å². The molecule has 0 aromatic heterocycles. The summed E-state index contributed by atoms with van der Waals surface area (Å²) >= 11 is 6.43. The van der Waals surface area contributed by atoms with Gasteiger partial charge >= 0.3 is 5.97 Å². The fraction of sp³-hybridized carbons (Fsp3) is 0.346. The summed E-state index contributed by atoms with van der Waals surface area (Å²) in [6, 6.07) is 15.6. The molecular formula is C26H27ClN2O3. The van der Waals surface area contributed by atoms with Gasteiger partial charge in [0.15, 0.2) is 5.78 Å². The van der Waals surface area contributed by atoms with Crippen LogP contribution in [0.5, 0.6) is 0 Å². The lowest BCUT2D eigenvalue weighted by Gasteiger charge is -2.36. The molecule has 2 aromatic rings. The van der Waals surface area contributed by atoms with E-state index in [4.69, 9.17) is 21.3 Å². The zero-order valence-corrected chi connectivity index (χ0v) is 19.5. The highest BCUT2D eigenvalue weighted by molar-refractivity contribution is 6.31. The number of carbonyl (C=O) groups is 2. The molecule has 0 N–H and O–H groups in total. The molecular weight excluding hydrogens is 424 g/mol. The van der Waals surface area contributed by atoms with Crippen LogP contribution in [0, 0.1) is 5.92 Å². The Kier molecular flexibility index (Phi) is 6.20. The van der Waals surface area contributed by atoms with E-state index in [9.17, 15) is 9.59 Å². The number of hydrogen-bond acceptors (Lipinski definition) is 5. The second-order valence-electron chi connectivity index (χ2n) is 8.63. The van der Waals surface area contributed by atoms with Crippen LogP contribution in [0.15, 0.2) is 64.8 Å². The maximum Gasteiger partial charge on any atom is 0.315 e. The third-order valence-electron chi connectivity index (χ3n) is 6.46. The third kappa shape index (κ3) is 3.97. The van der Waals surface area contributed by atoms with E-state index in [1.807, 2.05) is 74.4 Å². The molecule has 2 aromatic carbocycles. The maximum absolute atomic E-state index is 13.5. The van der Waals surface area contributed by atoms with E-state index >= 15 is 0 Å². The average Bonchev–Trinajstić information content (AvgIpc) is 2.78. The molecule has 6 heteroatoms. The molecule has 5 nitrogen and oxygen atoms in total. The number of esters is 1. The summed E-state index contributed by atoms with van der Waals surface area (Å²) in [4.78, 5) is 33.1.